The van der Waals surface area contributed by atoms with Crippen molar-refractivity contribution in [1.29, 1.82) is 0 Å². The van der Waals surface area contributed by atoms with Crippen LogP contribution in [0.15, 0.2) is 67.9 Å². The van der Waals surface area contributed by atoms with Gasteiger partial charge >= 0.3 is 6.03 Å². The van der Waals surface area contributed by atoms with Crippen LogP contribution in [-0.2, 0) is 17.6 Å². The number of thioether (sulfide) groups is 2. The molecule has 2 aliphatic carbocycles. The molecule has 3 N–H and O–H groups in total. The van der Waals surface area contributed by atoms with E-state index in [1.54, 1.807) is 59.8 Å². The zero-order valence-corrected chi connectivity index (χ0v) is 36.0. The summed E-state index contributed by atoms with van der Waals surface area (Å²) in [6, 6.07) is 12.7. The van der Waals surface area contributed by atoms with E-state index in [-0.39, 0.29) is 29.7 Å². The van der Waals surface area contributed by atoms with Gasteiger partial charge in [-0.05, 0) is 108 Å². The summed E-state index contributed by atoms with van der Waals surface area (Å²) in [5.74, 6) is 2.49. The Hall–Kier alpha value is -5.54. The van der Waals surface area contributed by atoms with Gasteiger partial charge in [-0.2, -0.15) is 0 Å². The first-order valence-corrected chi connectivity index (χ1v) is 21.4. The number of urea groups is 1. The van der Waals surface area contributed by atoms with E-state index >= 15 is 0 Å². The highest BCUT2D eigenvalue weighted by molar-refractivity contribution is 7.98. The van der Waals surface area contributed by atoms with Gasteiger partial charge in [0, 0.05) is 24.1 Å². The zero-order chi connectivity index (χ0) is 42.4. The van der Waals surface area contributed by atoms with Crippen LogP contribution in [0.5, 0.6) is 34.5 Å². The summed E-state index contributed by atoms with van der Waals surface area (Å²) in [4.78, 5) is 55.1. The second-order valence-corrected chi connectivity index (χ2v) is 15.5. The summed E-state index contributed by atoms with van der Waals surface area (Å²) in [7, 11) is 9.31. The summed E-state index contributed by atoms with van der Waals surface area (Å²) in [6.45, 7) is 0.0275. The Morgan fingerprint density at radius 1 is 0.610 bits per heavy atom. The molecule has 312 valence electrons. The lowest BCUT2D eigenvalue weighted by Gasteiger charge is -2.21. The number of fused-ring (bicyclic) bond motifs is 6. The molecule has 59 heavy (non-hydrogen) atoms. The number of amides is 3. The smallest absolute Gasteiger partial charge is 0.315 e. The molecule has 3 amide bonds. The van der Waals surface area contributed by atoms with E-state index in [1.165, 1.54) is 30.6 Å². The van der Waals surface area contributed by atoms with Crippen LogP contribution in [0.1, 0.15) is 53.6 Å². The third kappa shape index (κ3) is 8.62. The molecule has 4 aromatic carbocycles. The molecule has 0 fully saturated rings. The molecular weight excluding hydrogens is 795 g/mol. The minimum atomic E-state index is -0.561. The van der Waals surface area contributed by atoms with E-state index in [1.807, 2.05) is 36.8 Å². The molecule has 1 unspecified atom stereocenters. The lowest BCUT2D eigenvalue weighted by molar-refractivity contribution is -0.121. The Morgan fingerprint density at radius 2 is 1.05 bits per heavy atom. The normalized spacial score (nSPS) is 15.1. The van der Waals surface area contributed by atoms with Gasteiger partial charge in [0.1, 0.15) is 0 Å². The first-order valence-electron chi connectivity index (χ1n) is 19.0. The third-order valence-corrected chi connectivity index (χ3v) is 12.3. The van der Waals surface area contributed by atoms with Crippen molar-refractivity contribution in [3.63, 3.8) is 0 Å². The lowest BCUT2D eigenvalue weighted by atomic mass is 9.95. The number of hydrogen-bond acceptors (Lipinski definition) is 12. The van der Waals surface area contributed by atoms with Crippen molar-refractivity contribution in [3.05, 3.63) is 91.2 Å². The molecular formula is C44H49N3O10S2. The average molecular weight is 844 g/mol. The molecule has 0 saturated heterocycles. The van der Waals surface area contributed by atoms with E-state index in [0.29, 0.717) is 81.1 Å². The summed E-state index contributed by atoms with van der Waals surface area (Å²) in [5.41, 5.74) is 5.74. The van der Waals surface area contributed by atoms with Gasteiger partial charge in [-0.3, -0.25) is 14.4 Å². The average Bonchev–Trinajstić information content (AvgIpc) is 3.63. The van der Waals surface area contributed by atoms with Crippen molar-refractivity contribution >= 4 is 35.5 Å². The molecule has 0 saturated carbocycles. The highest BCUT2D eigenvalue weighted by Gasteiger charge is 2.32. The number of nitrogens with one attached hydrogen (secondary N) is 3. The van der Waals surface area contributed by atoms with Gasteiger partial charge in [-0.25, -0.2) is 4.79 Å². The van der Waals surface area contributed by atoms with E-state index in [0.717, 1.165) is 33.4 Å². The monoisotopic (exact) mass is 843 g/mol. The highest BCUT2D eigenvalue weighted by atomic mass is 32.2. The van der Waals surface area contributed by atoms with Crippen LogP contribution >= 0.6 is 23.5 Å². The van der Waals surface area contributed by atoms with E-state index in [9.17, 15) is 19.2 Å². The molecule has 0 heterocycles. The molecule has 0 radical (unpaired) electrons. The highest BCUT2D eigenvalue weighted by Crippen LogP contribution is 2.52. The van der Waals surface area contributed by atoms with Crippen LogP contribution in [0.3, 0.4) is 0 Å². The first kappa shape index (κ1) is 43.0. The van der Waals surface area contributed by atoms with Gasteiger partial charge in [0.2, 0.25) is 17.4 Å². The maximum atomic E-state index is 13.6. The van der Waals surface area contributed by atoms with Gasteiger partial charge in [0.25, 0.3) is 0 Å². The van der Waals surface area contributed by atoms with Crippen LogP contribution in [0, 0.1) is 0 Å². The molecule has 6 rings (SSSR count). The van der Waals surface area contributed by atoms with Gasteiger partial charge < -0.3 is 44.4 Å². The molecule has 2 aliphatic rings. The predicted molar refractivity (Wildman–Crippen MR) is 231 cm³/mol. The minimum Gasteiger partial charge on any atom is -0.493 e. The number of ether oxygens (including phenoxy) is 6. The fraction of sp³-hybridized carbons (Fsp3) is 0.364. The van der Waals surface area contributed by atoms with Crippen molar-refractivity contribution in [2.75, 3.05) is 61.7 Å². The molecule has 0 spiro atoms. The fourth-order valence-corrected chi connectivity index (χ4v) is 8.93. The summed E-state index contributed by atoms with van der Waals surface area (Å²) in [5, 5.41) is 9.03. The summed E-state index contributed by atoms with van der Waals surface area (Å²) in [6.07, 6.45) is 5.67. The molecule has 0 aliphatic heterocycles. The summed E-state index contributed by atoms with van der Waals surface area (Å²) < 4.78 is 34.5. The van der Waals surface area contributed by atoms with Gasteiger partial charge in [-0.15, -0.1) is 23.5 Å². The minimum absolute atomic E-state index is 0.0275. The second kappa shape index (κ2) is 19.0. The zero-order valence-electron chi connectivity index (χ0n) is 34.4. The maximum Gasteiger partial charge on any atom is 0.315 e. The van der Waals surface area contributed by atoms with Crippen molar-refractivity contribution in [3.8, 4) is 56.8 Å². The Balaban J connectivity index is 1.23. The standard InChI is InChI=1S/C44H49N3O10S2/c1-52-33-19-23-9-13-29(27-21-31(48)35(58-7)15-11-25(27)38(23)42(56-5)40(33)54-3)46-37(50)17-18-45-44(51)47-30-14-10-24-20-34(53-2)41(55-4)43(57-6)39(24)26-12-16-36(59-8)32(49)22-28(26)30/h11-12,15-16,19-22,29-30H,9-10,13-14,17-18H2,1-8H3,(H,46,50)(H2,45,47,51)/t29-,30?/m0/s1. The second-order valence-electron chi connectivity index (χ2n) is 13.8. The third-order valence-electron chi connectivity index (χ3n) is 10.7. The molecule has 4 aromatic rings. The number of methoxy groups -OCH3 is 6. The number of carbonyl (C=O) groups is 2. The number of benzene rings is 2. The predicted octanol–water partition coefficient (Wildman–Crippen LogP) is 6.72. The van der Waals surface area contributed by atoms with Gasteiger partial charge in [0.05, 0.1) is 64.5 Å². The SMILES string of the molecule is COc1cc2c(c(OC)c1OC)-c1ccc(SC)c(=O)cc1C(NC(=O)NCCC(=O)N[C@H]1CCc3cc(OC)c(OC)c(OC)c3-c3ccc(SC)c(=O)cc31)CC2. The van der Waals surface area contributed by atoms with Gasteiger partial charge in [-0.1, -0.05) is 12.1 Å². The molecule has 0 bridgehead atoms. The molecule has 13 nitrogen and oxygen atoms in total. The summed E-state index contributed by atoms with van der Waals surface area (Å²) >= 11 is 2.69. The molecule has 15 heteroatoms. The number of aryl methyl sites for hydroxylation is 2. The Labute approximate surface area is 351 Å². The van der Waals surface area contributed by atoms with Crippen molar-refractivity contribution in [2.24, 2.45) is 0 Å². The topological polar surface area (TPSA) is 160 Å². The largest absolute Gasteiger partial charge is 0.493 e. The Morgan fingerprint density at radius 3 is 1.46 bits per heavy atom. The quantitative estimate of drug-likeness (QED) is 0.122. The van der Waals surface area contributed by atoms with E-state index in [2.05, 4.69) is 16.0 Å². The van der Waals surface area contributed by atoms with Crippen LogP contribution in [0.4, 0.5) is 4.79 Å². The number of rotatable bonds is 13. The van der Waals surface area contributed by atoms with Crippen molar-refractivity contribution in [2.45, 2.75) is 54.0 Å². The maximum absolute atomic E-state index is 13.6. The van der Waals surface area contributed by atoms with Crippen molar-refractivity contribution in [1.82, 2.24) is 16.0 Å². The first-order chi connectivity index (χ1) is 28.5. The van der Waals surface area contributed by atoms with E-state index in [4.69, 9.17) is 28.4 Å². The van der Waals surface area contributed by atoms with Crippen LogP contribution < -0.4 is 55.2 Å². The Kier molecular flexibility index (Phi) is 13.9. The van der Waals surface area contributed by atoms with E-state index < -0.39 is 18.1 Å². The van der Waals surface area contributed by atoms with Crippen LogP contribution in [-0.4, -0.2) is 73.7 Å². The molecule has 0 aromatic heterocycles. The Bertz CT molecular complexity index is 2230. The van der Waals surface area contributed by atoms with Crippen molar-refractivity contribution < 1.29 is 38.0 Å². The molecule has 2 atom stereocenters. The number of hydrogen-bond donors (Lipinski definition) is 3. The van der Waals surface area contributed by atoms with Crippen LogP contribution in [0.2, 0.25) is 0 Å². The number of carbonyl (C=O) groups excluding carboxylic acids is 2. The fourth-order valence-electron chi connectivity index (χ4n) is 8.00. The van der Waals surface area contributed by atoms with Gasteiger partial charge in [0.15, 0.2) is 33.9 Å². The van der Waals surface area contributed by atoms with Crippen LogP contribution in [0.25, 0.3) is 22.3 Å². The lowest BCUT2D eigenvalue weighted by Crippen LogP contribution is -2.40.